The highest BCUT2D eigenvalue weighted by Gasteiger charge is 2.38. The SMILES string of the molecule is CCCCC1CN(c2ccccc2)c2cc(Nc3ccccc3F)c(-c3cc(F)c(F)c(C(=O)O)c3)cc2S(O)(O)N1C. The lowest BCUT2D eigenvalue weighted by atomic mass is 9.99. The molecule has 1 unspecified atom stereocenters. The van der Waals surface area contributed by atoms with Crippen molar-refractivity contribution in [2.24, 2.45) is 0 Å². The molecule has 1 heterocycles. The minimum absolute atomic E-state index is 0.0474. The maximum atomic E-state index is 14.8. The molecular formula is C32H32F3N3O4S. The second-order valence-electron chi connectivity index (χ2n) is 10.4. The maximum Gasteiger partial charge on any atom is 0.338 e. The van der Waals surface area contributed by atoms with E-state index in [1.54, 1.807) is 23.5 Å². The molecule has 1 aliphatic heterocycles. The molecule has 1 atom stereocenters. The van der Waals surface area contributed by atoms with Crippen molar-refractivity contribution in [2.45, 2.75) is 37.1 Å². The summed E-state index contributed by atoms with van der Waals surface area (Å²) < 4.78 is 69.1. The molecule has 5 rings (SSSR count). The van der Waals surface area contributed by atoms with Gasteiger partial charge in [0, 0.05) is 36.6 Å². The third-order valence-corrected chi connectivity index (χ3v) is 9.68. The van der Waals surface area contributed by atoms with Gasteiger partial charge >= 0.3 is 5.97 Å². The summed E-state index contributed by atoms with van der Waals surface area (Å²) in [7, 11) is -2.01. The van der Waals surface area contributed by atoms with Gasteiger partial charge in [0.25, 0.3) is 0 Å². The van der Waals surface area contributed by atoms with Crippen molar-refractivity contribution >= 4 is 39.5 Å². The monoisotopic (exact) mass is 611 g/mol. The Morgan fingerprint density at radius 3 is 2.33 bits per heavy atom. The van der Waals surface area contributed by atoms with Crippen LogP contribution in [0.3, 0.4) is 0 Å². The van der Waals surface area contributed by atoms with Crippen LogP contribution in [0, 0.1) is 17.5 Å². The molecule has 11 heteroatoms. The van der Waals surface area contributed by atoms with E-state index in [0.29, 0.717) is 18.7 Å². The molecular weight excluding hydrogens is 579 g/mol. The number of benzene rings is 4. The van der Waals surface area contributed by atoms with Crippen molar-refractivity contribution in [1.29, 1.82) is 0 Å². The molecule has 4 aromatic rings. The Morgan fingerprint density at radius 2 is 1.65 bits per heavy atom. The first-order chi connectivity index (χ1) is 20.5. The number of aromatic carboxylic acids is 1. The molecule has 0 bridgehead atoms. The second-order valence-corrected chi connectivity index (χ2v) is 12.5. The smallest absolute Gasteiger partial charge is 0.338 e. The van der Waals surface area contributed by atoms with Gasteiger partial charge in [0.15, 0.2) is 11.6 Å². The number of para-hydroxylation sites is 2. The van der Waals surface area contributed by atoms with Crippen LogP contribution in [0.25, 0.3) is 11.1 Å². The largest absolute Gasteiger partial charge is 0.478 e. The number of carbonyl (C=O) groups is 1. The van der Waals surface area contributed by atoms with Crippen molar-refractivity contribution < 1.29 is 32.2 Å². The number of nitrogens with zero attached hydrogens (tertiary/aromatic N) is 2. The lowest BCUT2D eigenvalue weighted by molar-refractivity contribution is 0.0690. The van der Waals surface area contributed by atoms with Gasteiger partial charge < -0.3 is 15.3 Å². The van der Waals surface area contributed by atoms with Crippen molar-refractivity contribution in [3.8, 4) is 11.1 Å². The average Bonchev–Trinajstić information content (AvgIpc) is 3.06. The first-order valence-electron chi connectivity index (χ1n) is 13.8. The van der Waals surface area contributed by atoms with Gasteiger partial charge in [-0.05, 0) is 60.5 Å². The summed E-state index contributed by atoms with van der Waals surface area (Å²) in [4.78, 5) is 13.8. The number of carboxylic acid groups (broad SMARTS) is 1. The Morgan fingerprint density at radius 1 is 0.953 bits per heavy atom. The topological polar surface area (TPSA) is 96.3 Å². The first kappa shape index (κ1) is 30.4. The Balaban J connectivity index is 1.81. The Kier molecular flexibility index (Phi) is 8.70. The summed E-state index contributed by atoms with van der Waals surface area (Å²) in [6.07, 6.45) is 2.44. The summed E-state index contributed by atoms with van der Waals surface area (Å²) >= 11 is 0. The normalized spacial score (nSPS) is 17.2. The van der Waals surface area contributed by atoms with Crippen molar-refractivity contribution in [3.05, 3.63) is 102 Å². The predicted molar refractivity (Wildman–Crippen MR) is 164 cm³/mol. The van der Waals surface area contributed by atoms with E-state index in [2.05, 4.69) is 12.2 Å². The van der Waals surface area contributed by atoms with Crippen molar-refractivity contribution in [1.82, 2.24) is 4.31 Å². The molecule has 226 valence electrons. The summed E-state index contributed by atoms with van der Waals surface area (Å²) in [5.74, 6) is -5.17. The molecule has 0 radical (unpaired) electrons. The van der Waals surface area contributed by atoms with E-state index in [4.69, 9.17) is 0 Å². The number of hydrogen-bond donors (Lipinski definition) is 4. The van der Waals surface area contributed by atoms with Gasteiger partial charge in [0.05, 0.1) is 21.8 Å². The van der Waals surface area contributed by atoms with Crippen LogP contribution >= 0.6 is 10.8 Å². The van der Waals surface area contributed by atoms with Gasteiger partial charge in [-0.3, -0.25) is 9.11 Å². The van der Waals surface area contributed by atoms with Crippen LogP contribution in [0.1, 0.15) is 36.5 Å². The minimum atomic E-state index is -3.65. The summed E-state index contributed by atoms with van der Waals surface area (Å²) in [5, 5.41) is 12.6. The summed E-state index contributed by atoms with van der Waals surface area (Å²) in [6, 6.07) is 19.8. The average molecular weight is 612 g/mol. The number of nitrogens with one attached hydrogen (secondary N) is 1. The zero-order chi connectivity index (χ0) is 30.9. The third kappa shape index (κ3) is 5.94. The standard InChI is InChI=1S/C32H32F3N3O4S/c1-3-4-10-22-19-38(21-11-6-5-7-12-21)29-18-28(36-27-14-9-8-13-25(27)33)23(17-30(29)43(41,42)37(22)2)20-15-24(32(39)40)31(35)26(34)16-20/h5-9,11-18,22,36,41-42H,3-4,10,19H2,1-2H3,(H,39,40). The second kappa shape index (κ2) is 12.3. The fourth-order valence-corrected chi connectivity index (χ4v) is 6.92. The van der Waals surface area contributed by atoms with Gasteiger partial charge in [-0.1, -0.05) is 50.1 Å². The fourth-order valence-electron chi connectivity index (χ4n) is 5.30. The number of rotatable bonds is 8. The van der Waals surface area contributed by atoms with Gasteiger partial charge in [0.1, 0.15) is 5.82 Å². The van der Waals surface area contributed by atoms with E-state index in [1.165, 1.54) is 24.3 Å². The lowest BCUT2D eigenvalue weighted by Crippen LogP contribution is -2.39. The molecule has 0 spiro atoms. The molecule has 0 fully saturated rings. The zero-order valence-electron chi connectivity index (χ0n) is 23.6. The highest BCUT2D eigenvalue weighted by Crippen LogP contribution is 2.60. The van der Waals surface area contributed by atoms with E-state index in [0.717, 1.165) is 30.7 Å². The van der Waals surface area contributed by atoms with Crippen LogP contribution in [0.4, 0.5) is 35.9 Å². The van der Waals surface area contributed by atoms with Crippen LogP contribution in [0.15, 0.2) is 83.8 Å². The number of fused-ring (bicyclic) bond motifs is 1. The maximum absolute atomic E-state index is 14.8. The lowest BCUT2D eigenvalue weighted by Gasteiger charge is -2.43. The number of hydrogen-bond acceptors (Lipinski definition) is 6. The minimum Gasteiger partial charge on any atom is -0.478 e. The predicted octanol–water partition coefficient (Wildman–Crippen LogP) is 8.88. The van der Waals surface area contributed by atoms with Crippen LogP contribution < -0.4 is 10.2 Å². The molecule has 4 N–H and O–H groups in total. The molecule has 43 heavy (non-hydrogen) atoms. The fraction of sp³-hybridized carbons (Fsp3) is 0.219. The molecule has 0 saturated heterocycles. The Bertz CT molecular complexity index is 1650. The molecule has 0 aliphatic carbocycles. The summed E-state index contributed by atoms with van der Waals surface area (Å²) in [6.45, 7) is 2.45. The van der Waals surface area contributed by atoms with Crippen molar-refractivity contribution in [2.75, 3.05) is 23.8 Å². The Hall–Kier alpha value is -4.03. The van der Waals surface area contributed by atoms with Crippen LogP contribution in [0.5, 0.6) is 0 Å². The molecule has 0 saturated carbocycles. The van der Waals surface area contributed by atoms with Crippen molar-refractivity contribution in [3.63, 3.8) is 0 Å². The zero-order valence-corrected chi connectivity index (χ0v) is 24.4. The van der Waals surface area contributed by atoms with E-state index < -0.39 is 39.8 Å². The number of carboxylic acids is 1. The highest BCUT2D eigenvalue weighted by atomic mass is 32.3. The van der Waals surface area contributed by atoms with Gasteiger partial charge in [0.2, 0.25) is 0 Å². The number of halogens is 3. The third-order valence-electron chi connectivity index (χ3n) is 7.67. The van der Waals surface area contributed by atoms with Gasteiger partial charge in [-0.15, -0.1) is 10.8 Å². The number of anilines is 4. The van der Waals surface area contributed by atoms with E-state index in [-0.39, 0.29) is 33.4 Å². The van der Waals surface area contributed by atoms with E-state index in [1.807, 2.05) is 35.2 Å². The summed E-state index contributed by atoms with van der Waals surface area (Å²) in [5.41, 5.74) is 0.676. The van der Waals surface area contributed by atoms with E-state index >= 15 is 0 Å². The number of unbranched alkanes of at least 4 members (excludes halogenated alkanes) is 1. The van der Waals surface area contributed by atoms with E-state index in [9.17, 15) is 32.2 Å². The molecule has 7 nitrogen and oxygen atoms in total. The quantitative estimate of drug-likeness (QED) is 0.158. The van der Waals surface area contributed by atoms with Gasteiger partial charge in [-0.25, -0.2) is 22.3 Å². The van der Waals surface area contributed by atoms with Gasteiger partial charge in [-0.2, -0.15) is 0 Å². The Labute approximate surface area is 249 Å². The van der Waals surface area contributed by atoms with Crippen LogP contribution in [0.2, 0.25) is 0 Å². The molecule has 0 amide bonds. The first-order valence-corrected chi connectivity index (χ1v) is 15.3. The number of likely N-dealkylation sites (N-methyl/N-ethyl adjacent to an activating group) is 1. The highest BCUT2D eigenvalue weighted by molar-refractivity contribution is 8.22. The molecule has 0 aromatic heterocycles. The van der Waals surface area contributed by atoms with Crippen LogP contribution in [-0.2, 0) is 0 Å². The molecule has 4 aromatic carbocycles. The molecule has 1 aliphatic rings. The van der Waals surface area contributed by atoms with Crippen LogP contribution in [-0.4, -0.2) is 44.1 Å².